The molecular weight excluding hydrogens is 339 g/mol. The fourth-order valence-corrected chi connectivity index (χ4v) is 2.08. The molecule has 0 fully saturated rings. The van der Waals surface area contributed by atoms with Crippen molar-refractivity contribution in [2.45, 2.75) is 13.0 Å². The lowest BCUT2D eigenvalue weighted by molar-refractivity contribution is 0.181. The van der Waals surface area contributed by atoms with E-state index in [1.54, 1.807) is 6.92 Å². The van der Waals surface area contributed by atoms with Crippen molar-refractivity contribution in [3.63, 3.8) is 0 Å². The Morgan fingerprint density at radius 1 is 1.10 bits per heavy atom. The molecule has 0 aliphatic heterocycles. The van der Waals surface area contributed by atoms with E-state index in [4.69, 9.17) is 9.47 Å². The van der Waals surface area contributed by atoms with E-state index in [9.17, 15) is 9.50 Å². The quantitative estimate of drug-likeness (QED) is 0.793. The molecule has 2 rings (SSSR count). The first kappa shape index (κ1) is 15.8. The van der Waals surface area contributed by atoms with Crippen molar-refractivity contribution in [1.82, 2.24) is 0 Å². The third-order valence-electron chi connectivity index (χ3n) is 2.85. The molecule has 1 N–H and O–H groups in total. The van der Waals surface area contributed by atoms with Crippen molar-refractivity contribution in [3.8, 4) is 11.5 Å². The first-order chi connectivity index (χ1) is 10.1. The molecule has 0 aliphatic carbocycles. The second kappa shape index (κ2) is 7.43. The first-order valence-electron chi connectivity index (χ1n) is 6.55. The first-order valence-corrected chi connectivity index (χ1v) is 7.34. The molecule has 21 heavy (non-hydrogen) atoms. The summed E-state index contributed by atoms with van der Waals surface area (Å²) in [6.07, 6.45) is -0.789. The molecule has 0 bridgehead atoms. The highest BCUT2D eigenvalue weighted by molar-refractivity contribution is 9.10. The van der Waals surface area contributed by atoms with Crippen LogP contribution in [0.5, 0.6) is 11.5 Å². The SMILES string of the molecule is C[C@@H](O)c1cc(F)ccc1OCCOc1ccc(Br)cc1. The summed E-state index contributed by atoms with van der Waals surface area (Å²) in [7, 11) is 0. The topological polar surface area (TPSA) is 38.7 Å². The minimum atomic E-state index is -0.789. The van der Waals surface area contributed by atoms with Crippen LogP contribution in [0.2, 0.25) is 0 Å². The number of hydrogen-bond donors (Lipinski definition) is 1. The number of hydrogen-bond acceptors (Lipinski definition) is 3. The van der Waals surface area contributed by atoms with Gasteiger partial charge in [-0.05, 0) is 49.4 Å². The number of benzene rings is 2. The van der Waals surface area contributed by atoms with Crippen LogP contribution >= 0.6 is 15.9 Å². The summed E-state index contributed by atoms with van der Waals surface area (Å²) in [5.41, 5.74) is 0.429. The molecule has 112 valence electrons. The second-order valence-corrected chi connectivity index (χ2v) is 5.42. The highest BCUT2D eigenvalue weighted by Gasteiger charge is 2.10. The van der Waals surface area contributed by atoms with Crippen LogP contribution in [0.4, 0.5) is 4.39 Å². The summed E-state index contributed by atoms with van der Waals surface area (Å²) >= 11 is 3.35. The zero-order valence-electron chi connectivity index (χ0n) is 11.6. The molecule has 0 saturated heterocycles. The van der Waals surface area contributed by atoms with Crippen LogP contribution < -0.4 is 9.47 Å². The van der Waals surface area contributed by atoms with Gasteiger partial charge in [0, 0.05) is 10.0 Å². The van der Waals surface area contributed by atoms with Crippen LogP contribution in [0.25, 0.3) is 0 Å². The lowest BCUT2D eigenvalue weighted by Crippen LogP contribution is -2.10. The van der Waals surface area contributed by atoms with Gasteiger partial charge in [0.25, 0.3) is 0 Å². The molecular formula is C16H16BrFO3. The van der Waals surface area contributed by atoms with Crippen LogP contribution in [0.1, 0.15) is 18.6 Å². The Balaban J connectivity index is 1.87. The van der Waals surface area contributed by atoms with Gasteiger partial charge in [-0.2, -0.15) is 0 Å². The van der Waals surface area contributed by atoms with Gasteiger partial charge in [0.05, 0.1) is 6.10 Å². The summed E-state index contributed by atoms with van der Waals surface area (Å²) in [5.74, 6) is 0.812. The predicted octanol–water partition coefficient (Wildman–Crippen LogP) is 4.10. The average molecular weight is 355 g/mol. The Kier molecular flexibility index (Phi) is 5.59. The summed E-state index contributed by atoms with van der Waals surface area (Å²) < 4.78 is 25.2. The Morgan fingerprint density at radius 3 is 2.43 bits per heavy atom. The van der Waals surface area contributed by atoms with E-state index in [2.05, 4.69) is 15.9 Å². The Labute approximate surface area is 131 Å². The van der Waals surface area contributed by atoms with Crippen molar-refractivity contribution in [2.24, 2.45) is 0 Å². The maximum absolute atomic E-state index is 13.2. The van der Waals surface area contributed by atoms with Crippen LogP contribution in [0, 0.1) is 5.82 Å². The largest absolute Gasteiger partial charge is 0.490 e. The fourth-order valence-electron chi connectivity index (χ4n) is 1.82. The smallest absolute Gasteiger partial charge is 0.125 e. The van der Waals surface area contributed by atoms with E-state index in [-0.39, 0.29) is 0 Å². The van der Waals surface area contributed by atoms with Crippen LogP contribution in [0.3, 0.4) is 0 Å². The zero-order chi connectivity index (χ0) is 15.2. The summed E-state index contributed by atoms with van der Waals surface area (Å²) in [6, 6.07) is 11.6. The van der Waals surface area contributed by atoms with E-state index in [0.717, 1.165) is 10.2 Å². The van der Waals surface area contributed by atoms with Gasteiger partial charge in [0.15, 0.2) is 0 Å². The minimum Gasteiger partial charge on any atom is -0.490 e. The number of rotatable bonds is 6. The second-order valence-electron chi connectivity index (χ2n) is 4.51. The molecule has 0 spiro atoms. The Bertz CT molecular complexity index is 585. The highest BCUT2D eigenvalue weighted by atomic mass is 79.9. The number of halogens is 2. The van der Waals surface area contributed by atoms with Gasteiger partial charge in [-0.15, -0.1) is 0 Å². The van der Waals surface area contributed by atoms with Gasteiger partial charge in [-0.3, -0.25) is 0 Å². The maximum atomic E-state index is 13.2. The molecule has 2 aromatic carbocycles. The van der Waals surface area contributed by atoms with Gasteiger partial charge in [-0.25, -0.2) is 4.39 Å². The molecule has 0 aliphatic rings. The summed E-state index contributed by atoms with van der Waals surface area (Å²) in [5, 5.41) is 9.61. The molecule has 0 aromatic heterocycles. The molecule has 0 amide bonds. The predicted molar refractivity (Wildman–Crippen MR) is 82.2 cm³/mol. The fraction of sp³-hybridized carbons (Fsp3) is 0.250. The molecule has 0 heterocycles. The number of aliphatic hydroxyl groups is 1. The standard InChI is InChI=1S/C16H16BrFO3/c1-11(19)15-10-13(18)4-7-16(15)21-9-8-20-14-5-2-12(17)3-6-14/h2-7,10-11,19H,8-9H2,1H3/t11-/m1/s1. The van der Waals surface area contributed by atoms with E-state index < -0.39 is 11.9 Å². The maximum Gasteiger partial charge on any atom is 0.125 e. The van der Waals surface area contributed by atoms with Crippen molar-refractivity contribution in [1.29, 1.82) is 0 Å². The molecule has 0 radical (unpaired) electrons. The highest BCUT2D eigenvalue weighted by Crippen LogP contribution is 2.26. The van der Waals surface area contributed by atoms with E-state index in [0.29, 0.717) is 24.5 Å². The third-order valence-corrected chi connectivity index (χ3v) is 3.37. The van der Waals surface area contributed by atoms with Crippen LogP contribution in [-0.4, -0.2) is 18.3 Å². The van der Waals surface area contributed by atoms with E-state index >= 15 is 0 Å². The molecule has 5 heteroatoms. The monoisotopic (exact) mass is 354 g/mol. The molecule has 3 nitrogen and oxygen atoms in total. The van der Waals surface area contributed by atoms with Gasteiger partial charge in [0.1, 0.15) is 30.5 Å². The molecule has 1 atom stereocenters. The average Bonchev–Trinajstić information content (AvgIpc) is 2.46. The number of aliphatic hydroxyl groups excluding tert-OH is 1. The third kappa shape index (κ3) is 4.72. The van der Waals surface area contributed by atoms with Gasteiger partial charge < -0.3 is 14.6 Å². The molecule has 0 saturated carbocycles. The zero-order valence-corrected chi connectivity index (χ0v) is 13.1. The van der Waals surface area contributed by atoms with Crippen LogP contribution in [-0.2, 0) is 0 Å². The van der Waals surface area contributed by atoms with Crippen molar-refractivity contribution in [2.75, 3.05) is 13.2 Å². The molecule has 2 aromatic rings. The lowest BCUT2D eigenvalue weighted by atomic mass is 10.1. The number of ether oxygens (including phenoxy) is 2. The van der Waals surface area contributed by atoms with Gasteiger partial charge in [0.2, 0.25) is 0 Å². The summed E-state index contributed by atoms with van der Waals surface area (Å²) in [6.45, 7) is 2.24. The van der Waals surface area contributed by atoms with E-state index in [1.165, 1.54) is 18.2 Å². The van der Waals surface area contributed by atoms with E-state index in [1.807, 2.05) is 24.3 Å². The van der Waals surface area contributed by atoms with Crippen molar-refractivity contribution in [3.05, 3.63) is 58.3 Å². The summed E-state index contributed by atoms with van der Waals surface area (Å²) in [4.78, 5) is 0. The van der Waals surface area contributed by atoms with Crippen molar-refractivity contribution >= 4 is 15.9 Å². The van der Waals surface area contributed by atoms with Gasteiger partial charge in [-0.1, -0.05) is 15.9 Å². The Hall–Kier alpha value is -1.59. The van der Waals surface area contributed by atoms with Crippen LogP contribution in [0.15, 0.2) is 46.9 Å². The molecule has 0 unspecified atom stereocenters. The normalized spacial score (nSPS) is 12.0. The van der Waals surface area contributed by atoms with Gasteiger partial charge >= 0.3 is 0 Å². The lowest BCUT2D eigenvalue weighted by Gasteiger charge is -2.14. The van der Waals surface area contributed by atoms with Crippen molar-refractivity contribution < 1.29 is 19.0 Å². The minimum absolute atomic E-state index is 0.307. The Morgan fingerprint density at radius 2 is 1.76 bits per heavy atom.